The highest BCUT2D eigenvalue weighted by Gasteiger charge is 2.02. The lowest BCUT2D eigenvalue weighted by atomic mass is 10.2. The molecule has 0 unspecified atom stereocenters. The van der Waals surface area contributed by atoms with E-state index in [0.717, 1.165) is 11.3 Å². The summed E-state index contributed by atoms with van der Waals surface area (Å²) in [6, 6.07) is 22.1. The second kappa shape index (κ2) is 9.15. The van der Waals surface area contributed by atoms with Crippen LogP contribution in [0.15, 0.2) is 84.0 Å². The van der Waals surface area contributed by atoms with Crippen LogP contribution in [-0.2, 0) is 4.79 Å². The number of ether oxygens (including phenoxy) is 2. The van der Waals surface area contributed by atoms with Gasteiger partial charge in [0.05, 0.1) is 6.21 Å². The first kappa shape index (κ1) is 18.1. The molecule has 0 atom stereocenters. The Morgan fingerprint density at radius 2 is 1.67 bits per heavy atom. The lowest BCUT2D eigenvalue weighted by molar-refractivity contribution is -0.123. The summed E-state index contributed by atoms with van der Waals surface area (Å²) in [5, 5.41) is 3.90. The van der Waals surface area contributed by atoms with E-state index in [-0.39, 0.29) is 12.4 Å². The lowest BCUT2D eigenvalue weighted by Crippen LogP contribution is -2.24. The molecule has 3 aromatic carbocycles. The molecule has 0 saturated heterocycles. The summed E-state index contributed by atoms with van der Waals surface area (Å²) in [4.78, 5) is 11.7. The first-order valence-corrected chi connectivity index (χ1v) is 8.22. The van der Waals surface area contributed by atoms with Gasteiger partial charge in [0, 0.05) is 0 Å². The van der Waals surface area contributed by atoms with Gasteiger partial charge in [0.2, 0.25) is 0 Å². The molecule has 0 spiro atoms. The Kier molecular flexibility index (Phi) is 6.14. The van der Waals surface area contributed by atoms with Gasteiger partial charge in [-0.25, -0.2) is 9.82 Å². The van der Waals surface area contributed by atoms with Crippen LogP contribution in [0.25, 0.3) is 0 Å². The maximum absolute atomic E-state index is 12.8. The fourth-order valence-corrected chi connectivity index (χ4v) is 2.17. The number of rotatable bonds is 7. The average Bonchev–Trinajstić information content (AvgIpc) is 2.69. The van der Waals surface area contributed by atoms with Gasteiger partial charge < -0.3 is 9.47 Å². The van der Waals surface area contributed by atoms with E-state index in [0.29, 0.717) is 11.5 Å². The molecule has 0 aliphatic rings. The molecule has 5 nitrogen and oxygen atoms in total. The number of carbonyl (C=O) groups excluding carboxylic acids is 1. The average molecular weight is 364 g/mol. The Hall–Kier alpha value is -3.67. The van der Waals surface area contributed by atoms with Crippen molar-refractivity contribution in [2.45, 2.75) is 0 Å². The van der Waals surface area contributed by atoms with Gasteiger partial charge in [0.1, 0.15) is 23.1 Å². The minimum atomic E-state index is -0.424. The van der Waals surface area contributed by atoms with Crippen LogP contribution in [0, 0.1) is 5.82 Å². The van der Waals surface area contributed by atoms with Crippen LogP contribution in [0.2, 0.25) is 0 Å². The van der Waals surface area contributed by atoms with Gasteiger partial charge in [-0.3, -0.25) is 4.79 Å². The normalized spacial score (nSPS) is 10.6. The Morgan fingerprint density at radius 1 is 0.926 bits per heavy atom. The zero-order valence-corrected chi connectivity index (χ0v) is 14.3. The Balaban J connectivity index is 1.49. The van der Waals surface area contributed by atoms with E-state index in [9.17, 15) is 9.18 Å². The smallest absolute Gasteiger partial charge is 0.277 e. The molecule has 0 aliphatic carbocycles. The van der Waals surface area contributed by atoms with Gasteiger partial charge in [-0.15, -0.1) is 0 Å². The maximum Gasteiger partial charge on any atom is 0.277 e. The van der Waals surface area contributed by atoms with Crippen molar-refractivity contribution in [2.24, 2.45) is 5.10 Å². The van der Waals surface area contributed by atoms with E-state index in [4.69, 9.17) is 9.47 Å². The number of hydrazone groups is 1. The van der Waals surface area contributed by atoms with E-state index in [1.807, 2.05) is 48.5 Å². The van der Waals surface area contributed by atoms with Crippen LogP contribution in [0.3, 0.4) is 0 Å². The molecule has 0 aliphatic heterocycles. The van der Waals surface area contributed by atoms with E-state index in [2.05, 4.69) is 10.5 Å². The van der Waals surface area contributed by atoms with E-state index in [1.165, 1.54) is 30.5 Å². The molecule has 0 aromatic heterocycles. The molecule has 6 heteroatoms. The van der Waals surface area contributed by atoms with Crippen LogP contribution in [0.1, 0.15) is 5.56 Å². The summed E-state index contributed by atoms with van der Waals surface area (Å²) < 4.78 is 23.8. The fourth-order valence-electron chi connectivity index (χ4n) is 2.17. The lowest BCUT2D eigenvalue weighted by Gasteiger charge is -2.06. The second-order valence-electron chi connectivity index (χ2n) is 5.52. The number of nitrogens with zero attached hydrogens (tertiary/aromatic N) is 1. The topological polar surface area (TPSA) is 59.9 Å². The molecule has 1 N–H and O–H groups in total. The largest absolute Gasteiger partial charge is 0.484 e. The number of hydrogen-bond donors (Lipinski definition) is 1. The third-order valence-corrected chi connectivity index (χ3v) is 3.42. The highest BCUT2D eigenvalue weighted by atomic mass is 19.1. The van der Waals surface area contributed by atoms with Gasteiger partial charge >= 0.3 is 0 Å². The van der Waals surface area contributed by atoms with Crippen LogP contribution in [-0.4, -0.2) is 18.7 Å². The van der Waals surface area contributed by atoms with E-state index >= 15 is 0 Å². The number of benzene rings is 3. The van der Waals surface area contributed by atoms with Crippen molar-refractivity contribution < 1.29 is 18.7 Å². The molecule has 1 amide bonds. The van der Waals surface area contributed by atoms with Crippen LogP contribution in [0.5, 0.6) is 17.2 Å². The van der Waals surface area contributed by atoms with Crippen molar-refractivity contribution in [2.75, 3.05) is 6.61 Å². The van der Waals surface area contributed by atoms with Crippen molar-refractivity contribution in [1.82, 2.24) is 5.43 Å². The minimum Gasteiger partial charge on any atom is -0.484 e. The van der Waals surface area contributed by atoms with Crippen LogP contribution in [0.4, 0.5) is 4.39 Å². The summed E-state index contributed by atoms with van der Waals surface area (Å²) in [6.07, 6.45) is 1.51. The molecule has 0 fully saturated rings. The monoisotopic (exact) mass is 364 g/mol. The number of hydrogen-bond acceptors (Lipinski definition) is 4. The van der Waals surface area contributed by atoms with E-state index in [1.54, 1.807) is 6.07 Å². The van der Waals surface area contributed by atoms with Gasteiger partial charge in [-0.2, -0.15) is 5.10 Å². The third-order valence-electron chi connectivity index (χ3n) is 3.42. The van der Waals surface area contributed by atoms with Gasteiger partial charge in [0.25, 0.3) is 5.91 Å². The van der Waals surface area contributed by atoms with Crippen LogP contribution >= 0.6 is 0 Å². The third kappa shape index (κ3) is 5.97. The quantitative estimate of drug-likeness (QED) is 0.506. The van der Waals surface area contributed by atoms with E-state index < -0.39 is 5.91 Å². The van der Waals surface area contributed by atoms with Crippen molar-refractivity contribution in [3.05, 3.63) is 90.2 Å². The summed E-state index contributed by atoms with van der Waals surface area (Å²) in [5.41, 5.74) is 3.14. The standard InChI is InChI=1S/C21H17FN2O3/c22-17-9-11-18(12-10-17)26-15-21(25)24-23-14-16-5-4-8-20(13-16)27-19-6-2-1-3-7-19/h1-14H,15H2,(H,24,25)/b23-14-. The highest BCUT2D eigenvalue weighted by Crippen LogP contribution is 2.21. The Morgan fingerprint density at radius 3 is 2.44 bits per heavy atom. The SMILES string of the molecule is O=C(COc1ccc(F)cc1)N/N=C\c1cccc(Oc2ccccc2)c1. The van der Waals surface area contributed by atoms with Gasteiger partial charge in [0.15, 0.2) is 6.61 Å². The molecular weight excluding hydrogens is 347 g/mol. The van der Waals surface area contributed by atoms with Crippen molar-refractivity contribution in [3.8, 4) is 17.2 Å². The van der Waals surface area contributed by atoms with Crippen molar-refractivity contribution in [3.63, 3.8) is 0 Å². The number of halogens is 1. The summed E-state index contributed by atoms with van der Waals surface area (Å²) in [7, 11) is 0. The number of nitrogens with one attached hydrogen (secondary N) is 1. The molecule has 0 saturated carbocycles. The molecule has 136 valence electrons. The first-order chi connectivity index (χ1) is 13.2. The van der Waals surface area contributed by atoms with Crippen LogP contribution < -0.4 is 14.9 Å². The molecule has 0 heterocycles. The summed E-state index contributed by atoms with van der Waals surface area (Å²) >= 11 is 0. The number of para-hydroxylation sites is 1. The zero-order chi connectivity index (χ0) is 18.9. The predicted octanol–water partition coefficient (Wildman–Crippen LogP) is 4.15. The summed E-state index contributed by atoms with van der Waals surface area (Å²) in [6.45, 7) is -0.222. The highest BCUT2D eigenvalue weighted by molar-refractivity contribution is 5.83. The first-order valence-electron chi connectivity index (χ1n) is 8.22. The Bertz CT molecular complexity index is 912. The molecular formula is C21H17FN2O3. The minimum absolute atomic E-state index is 0.222. The van der Waals surface area contributed by atoms with Gasteiger partial charge in [-0.1, -0.05) is 30.3 Å². The molecule has 0 bridgehead atoms. The fraction of sp³-hybridized carbons (Fsp3) is 0.0476. The van der Waals surface area contributed by atoms with Crippen molar-refractivity contribution >= 4 is 12.1 Å². The molecule has 0 radical (unpaired) electrons. The second-order valence-corrected chi connectivity index (χ2v) is 5.52. The zero-order valence-electron chi connectivity index (χ0n) is 14.3. The molecule has 27 heavy (non-hydrogen) atoms. The maximum atomic E-state index is 12.8. The van der Waals surface area contributed by atoms with Gasteiger partial charge in [-0.05, 0) is 54.1 Å². The molecule has 3 aromatic rings. The van der Waals surface area contributed by atoms with Crippen molar-refractivity contribution in [1.29, 1.82) is 0 Å². The summed E-state index contributed by atoms with van der Waals surface area (Å²) in [5.74, 6) is 1.01. The number of carbonyl (C=O) groups is 1. The Labute approximate surface area is 156 Å². The number of amides is 1. The molecule has 3 rings (SSSR count). The predicted molar refractivity (Wildman–Crippen MR) is 101 cm³/mol.